The van der Waals surface area contributed by atoms with E-state index in [0.717, 1.165) is 3.57 Å². The minimum atomic E-state index is -0.514. The van der Waals surface area contributed by atoms with Crippen LogP contribution in [0.4, 0.5) is 0 Å². The first-order chi connectivity index (χ1) is 8.68. The van der Waals surface area contributed by atoms with Gasteiger partial charge in [-0.1, -0.05) is 12.1 Å². The van der Waals surface area contributed by atoms with E-state index in [1.165, 1.54) is 12.3 Å². The molecular formula is C13H9IO4. The molecule has 0 fully saturated rings. The molecule has 0 aliphatic carbocycles. The predicted octanol–water partition coefficient (Wildman–Crippen LogP) is 2.92. The molecule has 0 unspecified atom stereocenters. The zero-order valence-electron chi connectivity index (χ0n) is 9.26. The Morgan fingerprint density at radius 3 is 2.61 bits per heavy atom. The number of Topliss-reactive ketones (excluding diaryl/α,β-unsaturated/α-hetero) is 1. The van der Waals surface area contributed by atoms with Gasteiger partial charge in [-0.3, -0.25) is 4.79 Å². The zero-order chi connectivity index (χ0) is 13.0. The summed E-state index contributed by atoms with van der Waals surface area (Å²) in [5, 5.41) is 0. The van der Waals surface area contributed by atoms with Gasteiger partial charge in [0.1, 0.15) is 0 Å². The number of furan rings is 1. The van der Waals surface area contributed by atoms with Gasteiger partial charge in [0.05, 0.1) is 11.8 Å². The van der Waals surface area contributed by atoms with Gasteiger partial charge < -0.3 is 9.15 Å². The van der Waals surface area contributed by atoms with Crippen molar-refractivity contribution in [1.29, 1.82) is 0 Å². The zero-order valence-corrected chi connectivity index (χ0v) is 11.4. The average Bonchev–Trinajstić information content (AvgIpc) is 2.90. The normalized spacial score (nSPS) is 10.1. The Morgan fingerprint density at radius 2 is 1.94 bits per heavy atom. The van der Waals surface area contributed by atoms with Gasteiger partial charge in [-0.25, -0.2) is 4.79 Å². The van der Waals surface area contributed by atoms with E-state index < -0.39 is 5.97 Å². The maximum atomic E-state index is 11.7. The quantitative estimate of drug-likeness (QED) is 0.480. The van der Waals surface area contributed by atoms with E-state index >= 15 is 0 Å². The van der Waals surface area contributed by atoms with E-state index in [2.05, 4.69) is 0 Å². The molecule has 4 nitrogen and oxygen atoms in total. The third kappa shape index (κ3) is 2.98. The SMILES string of the molecule is O=C(COC(=O)c1ccccc1I)c1ccco1. The fourth-order valence-corrected chi connectivity index (χ4v) is 1.95. The van der Waals surface area contributed by atoms with Gasteiger partial charge >= 0.3 is 5.97 Å². The van der Waals surface area contributed by atoms with Crippen molar-refractivity contribution in [3.05, 3.63) is 57.6 Å². The topological polar surface area (TPSA) is 56.5 Å². The van der Waals surface area contributed by atoms with Gasteiger partial charge in [0.15, 0.2) is 12.4 Å². The second kappa shape index (κ2) is 5.81. The van der Waals surface area contributed by atoms with Gasteiger partial charge in [0.2, 0.25) is 5.78 Å². The number of carbonyl (C=O) groups excluding carboxylic acids is 2. The summed E-state index contributed by atoms with van der Waals surface area (Å²) in [6.45, 7) is -0.322. The van der Waals surface area contributed by atoms with Crippen LogP contribution in [0.15, 0.2) is 47.1 Å². The predicted molar refractivity (Wildman–Crippen MR) is 72.5 cm³/mol. The molecule has 0 atom stereocenters. The summed E-state index contributed by atoms with van der Waals surface area (Å²) in [5.41, 5.74) is 0.449. The molecule has 1 aromatic heterocycles. The molecular weight excluding hydrogens is 347 g/mol. The van der Waals surface area contributed by atoms with E-state index in [-0.39, 0.29) is 18.2 Å². The van der Waals surface area contributed by atoms with Crippen LogP contribution in [-0.2, 0) is 4.74 Å². The maximum absolute atomic E-state index is 11.7. The average molecular weight is 356 g/mol. The van der Waals surface area contributed by atoms with E-state index in [9.17, 15) is 9.59 Å². The Morgan fingerprint density at radius 1 is 1.17 bits per heavy atom. The lowest BCUT2D eigenvalue weighted by atomic mass is 10.2. The van der Waals surface area contributed by atoms with Crippen molar-refractivity contribution in [2.75, 3.05) is 6.61 Å². The van der Waals surface area contributed by atoms with E-state index in [4.69, 9.17) is 9.15 Å². The van der Waals surface area contributed by atoms with Crippen LogP contribution in [-0.4, -0.2) is 18.4 Å². The lowest BCUT2D eigenvalue weighted by Crippen LogP contribution is -2.14. The van der Waals surface area contributed by atoms with Crippen LogP contribution in [0, 0.1) is 3.57 Å². The molecule has 0 N–H and O–H groups in total. The number of hydrogen-bond donors (Lipinski definition) is 0. The van der Waals surface area contributed by atoms with Crippen molar-refractivity contribution in [2.45, 2.75) is 0 Å². The van der Waals surface area contributed by atoms with Crippen LogP contribution in [0.1, 0.15) is 20.9 Å². The minimum Gasteiger partial charge on any atom is -0.461 e. The molecule has 0 saturated heterocycles. The number of ketones is 1. The molecule has 0 aliphatic heterocycles. The highest BCUT2D eigenvalue weighted by atomic mass is 127. The highest BCUT2D eigenvalue weighted by Crippen LogP contribution is 2.13. The summed E-state index contributed by atoms with van der Waals surface area (Å²) >= 11 is 2.04. The van der Waals surface area contributed by atoms with E-state index in [0.29, 0.717) is 5.56 Å². The monoisotopic (exact) mass is 356 g/mol. The van der Waals surface area contributed by atoms with Gasteiger partial charge in [0, 0.05) is 3.57 Å². The van der Waals surface area contributed by atoms with Crippen molar-refractivity contribution in [1.82, 2.24) is 0 Å². The van der Waals surface area contributed by atoms with Gasteiger partial charge in [-0.05, 0) is 46.9 Å². The number of benzene rings is 1. The van der Waals surface area contributed by atoms with E-state index in [1.807, 2.05) is 28.7 Å². The molecule has 5 heteroatoms. The first-order valence-electron chi connectivity index (χ1n) is 5.17. The largest absolute Gasteiger partial charge is 0.461 e. The fourth-order valence-electron chi connectivity index (χ4n) is 1.34. The highest BCUT2D eigenvalue weighted by Gasteiger charge is 2.15. The lowest BCUT2D eigenvalue weighted by Gasteiger charge is -2.04. The lowest BCUT2D eigenvalue weighted by molar-refractivity contribution is 0.0467. The summed E-state index contributed by atoms with van der Waals surface area (Å²) in [4.78, 5) is 23.3. The molecule has 0 radical (unpaired) electrons. The molecule has 0 aliphatic rings. The van der Waals surface area contributed by atoms with Gasteiger partial charge in [0.25, 0.3) is 0 Å². The number of hydrogen-bond acceptors (Lipinski definition) is 4. The molecule has 1 heterocycles. The highest BCUT2D eigenvalue weighted by molar-refractivity contribution is 14.1. The number of rotatable bonds is 4. The smallest absolute Gasteiger partial charge is 0.339 e. The molecule has 0 bridgehead atoms. The van der Waals surface area contributed by atoms with Crippen molar-refractivity contribution in [3.63, 3.8) is 0 Å². The van der Waals surface area contributed by atoms with Crippen LogP contribution in [0.2, 0.25) is 0 Å². The van der Waals surface area contributed by atoms with Gasteiger partial charge in [-0.15, -0.1) is 0 Å². The molecule has 18 heavy (non-hydrogen) atoms. The van der Waals surface area contributed by atoms with Crippen LogP contribution in [0.3, 0.4) is 0 Å². The summed E-state index contributed by atoms with van der Waals surface area (Å²) in [6, 6.07) is 10.2. The Bertz CT molecular complexity index is 560. The molecule has 1 aromatic carbocycles. The Labute approximate surface area is 117 Å². The molecule has 0 saturated carbocycles. The second-order valence-corrected chi connectivity index (χ2v) is 4.62. The summed E-state index contributed by atoms with van der Waals surface area (Å²) in [7, 11) is 0. The van der Waals surface area contributed by atoms with Crippen LogP contribution in [0.25, 0.3) is 0 Å². The van der Waals surface area contributed by atoms with Crippen molar-refractivity contribution >= 4 is 34.3 Å². The summed E-state index contributed by atoms with van der Waals surface area (Å²) in [5.74, 6) is -0.690. The summed E-state index contributed by atoms with van der Waals surface area (Å²) in [6.07, 6.45) is 1.40. The van der Waals surface area contributed by atoms with Crippen molar-refractivity contribution in [3.8, 4) is 0 Å². The molecule has 92 valence electrons. The number of carbonyl (C=O) groups is 2. The molecule has 2 rings (SSSR count). The Kier molecular flexibility index (Phi) is 4.14. The number of ether oxygens (including phenoxy) is 1. The fraction of sp³-hybridized carbons (Fsp3) is 0.0769. The van der Waals surface area contributed by atoms with Crippen LogP contribution in [0.5, 0.6) is 0 Å². The summed E-state index contributed by atoms with van der Waals surface area (Å²) < 4.78 is 10.6. The Hall–Kier alpha value is -1.63. The van der Waals surface area contributed by atoms with Crippen LogP contribution >= 0.6 is 22.6 Å². The van der Waals surface area contributed by atoms with E-state index in [1.54, 1.807) is 24.3 Å². The van der Waals surface area contributed by atoms with Crippen molar-refractivity contribution < 1.29 is 18.7 Å². The first kappa shape index (κ1) is 12.8. The van der Waals surface area contributed by atoms with Gasteiger partial charge in [-0.2, -0.15) is 0 Å². The number of esters is 1. The maximum Gasteiger partial charge on any atom is 0.339 e. The van der Waals surface area contributed by atoms with Crippen LogP contribution < -0.4 is 0 Å². The molecule has 2 aromatic rings. The third-order valence-electron chi connectivity index (χ3n) is 2.22. The Balaban J connectivity index is 1.97. The first-order valence-corrected chi connectivity index (χ1v) is 6.24. The molecule has 0 amide bonds. The molecule has 0 spiro atoms. The van der Waals surface area contributed by atoms with Crippen molar-refractivity contribution in [2.24, 2.45) is 0 Å². The second-order valence-electron chi connectivity index (χ2n) is 3.46. The minimum absolute atomic E-state index is 0.186. The standard InChI is InChI=1S/C13H9IO4/c14-10-5-2-1-4-9(10)13(16)18-8-11(15)12-6-3-7-17-12/h1-7H,8H2. The number of halogens is 1. The third-order valence-corrected chi connectivity index (χ3v) is 3.16.